The lowest BCUT2D eigenvalue weighted by atomic mass is 10.1. The summed E-state index contributed by atoms with van der Waals surface area (Å²) in [4.78, 5) is 22.4. The Morgan fingerprint density at radius 2 is 1.78 bits per heavy atom. The fraction of sp³-hybridized carbons (Fsp3) is 0.176. The molecule has 0 aliphatic carbocycles. The highest BCUT2D eigenvalue weighted by Crippen LogP contribution is 2.18. The molecule has 0 unspecified atom stereocenters. The van der Waals surface area contributed by atoms with Crippen molar-refractivity contribution in [1.29, 1.82) is 0 Å². The van der Waals surface area contributed by atoms with Gasteiger partial charge in [-0.15, -0.1) is 0 Å². The molecule has 2 aromatic rings. The molecule has 0 saturated heterocycles. The molecule has 23 heavy (non-hydrogen) atoms. The topological polar surface area (TPSA) is 87.7 Å². The second-order valence-electron chi connectivity index (χ2n) is 4.75. The van der Waals surface area contributed by atoms with E-state index in [9.17, 15) is 9.59 Å². The van der Waals surface area contributed by atoms with Crippen molar-refractivity contribution in [2.45, 2.75) is 13.5 Å². The number of carbonyl (C=O) groups excluding carboxylic acids is 1. The highest BCUT2D eigenvalue weighted by atomic mass is 16.5. The summed E-state index contributed by atoms with van der Waals surface area (Å²) in [5, 5.41) is 14.1. The van der Waals surface area contributed by atoms with Crippen LogP contribution in [-0.4, -0.2) is 23.8 Å². The first-order chi connectivity index (χ1) is 11.1. The molecular weight excluding hydrogens is 296 g/mol. The number of anilines is 2. The van der Waals surface area contributed by atoms with Gasteiger partial charge in [-0.25, -0.2) is 9.59 Å². The van der Waals surface area contributed by atoms with E-state index in [0.29, 0.717) is 30.1 Å². The predicted molar refractivity (Wildman–Crippen MR) is 87.8 cm³/mol. The number of nitrogens with one attached hydrogen (secondary N) is 2. The van der Waals surface area contributed by atoms with Crippen LogP contribution in [0.2, 0.25) is 0 Å². The fourth-order valence-corrected chi connectivity index (χ4v) is 2.05. The SMILES string of the molecule is CCOC(=O)c1ccccc1NCc1ccc(NC(=O)O)cc1. The molecule has 6 nitrogen and oxygen atoms in total. The Balaban J connectivity index is 2.03. The molecule has 0 radical (unpaired) electrons. The maximum Gasteiger partial charge on any atom is 0.409 e. The minimum Gasteiger partial charge on any atom is -0.465 e. The Morgan fingerprint density at radius 3 is 2.43 bits per heavy atom. The normalized spacial score (nSPS) is 9.96. The molecule has 2 aromatic carbocycles. The van der Waals surface area contributed by atoms with Crippen LogP contribution in [0.5, 0.6) is 0 Å². The van der Waals surface area contributed by atoms with Gasteiger partial charge < -0.3 is 15.2 Å². The number of ether oxygens (including phenoxy) is 1. The van der Waals surface area contributed by atoms with Gasteiger partial charge in [-0.3, -0.25) is 5.32 Å². The minimum atomic E-state index is -1.10. The standard InChI is InChI=1S/C17H18N2O4/c1-2-23-16(20)14-5-3-4-6-15(14)18-11-12-7-9-13(10-8-12)19-17(21)22/h3-10,18-19H,2,11H2,1H3,(H,21,22). The van der Waals surface area contributed by atoms with Crippen LogP contribution < -0.4 is 10.6 Å². The molecule has 0 bridgehead atoms. The molecule has 6 heteroatoms. The largest absolute Gasteiger partial charge is 0.465 e. The molecule has 0 aliphatic heterocycles. The van der Waals surface area contributed by atoms with E-state index in [0.717, 1.165) is 5.56 Å². The Morgan fingerprint density at radius 1 is 1.09 bits per heavy atom. The van der Waals surface area contributed by atoms with Crippen LogP contribution in [0.1, 0.15) is 22.8 Å². The third-order valence-corrected chi connectivity index (χ3v) is 3.11. The Kier molecular flexibility index (Phi) is 5.57. The van der Waals surface area contributed by atoms with Gasteiger partial charge in [0.1, 0.15) is 0 Å². The second-order valence-corrected chi connectivity index (χ2v) is 4.75. The molecule has 0 aliphatic rings. The Hall–Kier alpha value is -3.02. The van der Waals surface area contributed by atoms with Crippen LogP contribution in [0, 0.1) is 0 Å². The molecule has 0 fully saturated rings. The van der Waals surface area contributed by atoms with Crippen molar-refractivity contribution in [3.8, 4) is 0 Å². The van der Waals surface area contributed by atoms with Gasteiger partial charge in [0, 0.05) is 17.9 Å². The molecule has 0 atom stereocenters. The summed E-state index contributed by atoms with van der Waals surface area (Å²) in [5.41, 5.74) is 2.64. The summed E-state index contributed by atoms with van der Waals surface area (Å²) in [6.45, 7) is 2.59. The van der Waals surface area contributed by atoms with Crippen molar-refractivity contribution in [2.24, 2.45) is 0 Å². The number of amides is 1. The number of rotatable bonds is 6. The minimum absolute atomic E-state index is 0.325. The summed E-state index contributed by atoms with van der Waals surface area (Å²) in [6, 6.07) is 14.1. The molecule has 0 saturated carbocycles. The van der Waals surface area contributed by atoms with Gasteiger partial charge in [-0.1, -0.05) is 24.3 Å². The lowest BCUT2D eigenvalue weighted by Crippen LogP contribution is -2.10. The van der Waals surface area contributed by atoms with Crippen LogP contribution in [0.3, 0.4) is 0 Å². The van der Waals surface area contributed by atoms with Gasteiger partial charge >= 0.3 is 12.1 Å². The summed E-state index contributed by atoms with van der Waals surface area (Å²) < 4.78 is 5.03. The van der Waals surface area contributed by atoms with E-state index < -0.39 is 6.09 Å². The first-order valence-electron chi connectivity index (χ1n) is 7.19. The number of benzene rings is 2. The van der Waals surface area contributed by atoms with Gasteiger partial charge in [-0.05, 0) is 36.8 Å². The van der Waals surface area contributed by atoms with Crippen LogP contribution in [-0.2, 0) is 11.3 Å². The van der Waals surface area contributed by atoms with Crippen molar-refractivity contribution in [3.63, 3.8) is 0 Å². The fourth-order valence-electron chi connectivity index (χ4n) is 2.05. The van der Waals surface area contributed by atoms with Crippen molar-refractivity contribution < 1.29 is 19.4 Å². The average Bonchev–Trinajstić information content (AvgIpc) is 2.54. The van der Waals surface area contributed by atoms with Gasteiger partial charge in [0.15, 0.2) is 0 Å². The van der Waals surface area contributed by atoms with Crippen molar-refractivity contribution >= 4 is 23.4 Å². The maximum atomic E-state index is 11.9. The van der Waals surface area contributed by atoms with Crippen LogP contribution in [0.15, 0.2) is 48.5 Å². The molecule has 1 amide bonds. The number of hydrogen-bond donors (Lipinski definition) is 3. The quantitative estimate of drug-likeness (QED) is 0.710. The van der Waals surface area contributed by atoms with E-state index in [1.165, 1.54) is 0 Å². The number of hydrogen-bond acceptors (Lipinski definition) is 4. The zero-order valence-corrected chi connectivity index (χ0v) is 12.7. The van der Waals surface area contributed by atoms with Crippen LogP contribution in [0.25, 0.3) is 0 Å². The third-order valence-electron chi connectivity index (χ3n) is 3.11. The van der Waals surface area contributed by atoms with Gasteiger partial charge in [0.25, 0.3) is 0 Å². The van der Waals surface area contributed by atoms with Gasteiger partial charge in [-0.2, -0.15) is 0 Å². The van der Waals surface area contributed by atoms with E-state index in [2.05, 4.69) is 10.6 Å². The second kappa shape index (κ2) is 7.84. The first-order valence-corrected chi connectivity index (χ1v) is 7.19. The number of para-hydroxylation sites is 1. The zero-order valence-electron chi connectivity index (χ0n) is 12.7. The van der Waals surface area contributed by atoms with Crippen molar-refractivity contribution in [1.82, 2.24) is 0 Å². The van der Waals surface area contributed by atoms with E-state index in [4.69, 9.17) is 9.84 Å². The Labute approximate surface area is 134 Å². The number of carboxylic acid groups (broad SMARTS) is 1. The molecule has 120 valence electrons. The number of carbonyl (C=O) groups is 2. The average molecular weight is 314 g/mol. The molecular formula is C17H18N2O4. The highest BCUT2D eigenvalue weighted by Gasteiger charge is 2.11. The summed E-state index contributed by atoms with van der Waals surface area (Å²) in [5.74, 6) is -0.364. The molecule has 0 heterocycles. The van der Waals surface area contributed by atoms with E-state index >= 15 is 0 Å². The third kappa shape index (κ3) is 4.74. The Bertz CT molecular complexity index is 683. The van der Waals surface area contributed by atoms with Crippen molar-refractivity contribution in [3.05, 3.63) is 59.7 Å². The number of esters is 1. The van der Waals surface area contributed by atoms with Gasteiger partial charge in [0.05, 0.1) is 12.2 Å². The molecule has 0 spiro atoms. The molecule has 3 N–H and O–H groups in total. The molecule has 2 rings (SSSR count). The summed E-state index contributed by atoms with van der Waals surface area (Å²) >= 11 is 0. The zero-order chi connectivity index (χ0) is 16.7. The predicted octanol–water partition coefficient (Wildman–Crippen LogP) is 3.57. The van der Waals surface area contributed by atoms with Crippen molar-refractivity contribution in [2.75, 3.05) is 17.2 Å². The maximum absolute atomic E-state index is 11.9. The monoisotopic (exact) mass is 314 g/mol. The van der Waals surface area contributed by atoms with E-state index in [-0.39, 0.29) is 5.97 Å². The smallest absolute Gasteiger partial charge is 0.409 e. The lowest BCUT2D eigenvalue weighted by Gasteiger charge is -2.11. The molecule has 0 aromatic heterocycles. The van der Waals surface area contributed by atoms with E-state index in [1.54, 1.807) is 31.2 Å². The first kappa shape index (κ1) is 16.4. The summed E-state index contributed by atoms with van der Waals surface area (Å²) in [7, 11) is 0. The summed E-state index contributed by atoms with van der Waals surface area (Å²) in [6.07, 6.45) is -1.10. The van der Waals surface area contributed by atoms with Crippen LogP contribution >= 0.6 is 0 Å². The van der Waals surface area contributed by atoms with Gasteiger partial charge in [0.2, 0.25) is 0 Å². The highest BCUT2D eigenvalue weighted by molar-refractivity contribution is 5.95. The lowest BCUT2D eigenvalue weighted by molar-refractivity contribution is 0.0527. The van der Waals surface area contributed by atoms with E-state index in [1.807, 2.05) is 24.3 Å². The van der Waals surface area contributed by atoms with Crippen LogP contribution in [0.4, 0.5) is 16.2 Å².